The van der Waals surface area contributed by atoms with E-state index in [9.17, 15) is 0 Å². The number of aromatic nitrogens is 1. The van der Waals surface area contributed by atoms with Crippen LogP contribution in [-0.2, 0) is 11.2 Å². The first-order valence-electron chi connectivity index (χ1n) is 9.59. The van der Waals surface area contributed by atoms with Gasteiger partial charge in [-0.15, -0.1) is 0 Å². The maximum absolute atomic E-state index is 5.93. The fourth-order valence-corrected chi connectivity index (χ4v) is 4.08. The van der Waals surface area contributed by atoms with Crippen molar-refractivity contribution in [1.82, 2.24) is 15.6 Å². The second-order valence-electron chi connectivity index (χ2n) is 7.08. The van der Waals surface area contributed by atoms with Crippen LogP contribution >= 0.6 is 0 Å². The normalized spacial score (nSPS) is 25.6. The van der Waals surface area contributed by atoms with Gasteiger partial charge in [0.2, 0.25) is 0 Å². The van der Waals surface area contributed by atoms with Crippen LogP contribution in [0.2, 0.25) is 0 Å². The first-order valence-corrected chi connectivity index (χ1v) is 9.59. The molecule has 3 heterocycles. The number of aromatic amines is 1. The van der Waals surface area contributed by atoms with Crippen LogP contribution in [0.3, 0.4) is 0 Å². The second kappa shape index (κ2) is 7.48. The maximum atomic E-state index is 5.93. The summed E-state index contributed by atoms with van der Waals surface area (Å²) in [6.45, 7) is 3.83. The number of guanidine groups is 1. The molecule has 3 N–H and O–H groups in total. The zero-order valence-electron chi connectivity index (χ0n) is 14.9. The lowest BCUT2D eigenvalue weighted by molar-refractivity contribution is 0.0992. The highest BCUT2D eigenvalue weighted by Gasteiger charge is 2.41. The first-order chi connectivity index (χ1) is 12.3. The number of nitrogens with zero attached hydrogens (tertiary/aromatic N) is 1. The van der Waals surface area contributed by atoms with E-state index in [1.165, 1.54) is 29.3 Å². The van der Waals surface area contributed by atoms with E-state index in [-0.39, 0.29) is 0 Å². The molecule has 0 saturated carbocycles. The summed E-state index contributed by atoms with van der Waals surface area (Å²) in [5, 5.41) is 8.28. The Morgan fingerprint density at radius 2 is 2.24 bits per heavy atom. The first kappa shape index (κ1) is 16.5. The molecule has 2 bridgehead atoms. The Hall–Kier alpha value is -2.01. The smallest absolute Gasteiger partial charge is 0.191 e. The summed E-state index contributed by atoms with van der Waals surface area (Å²) in [7, 11) is 0. The molecule has 2 aliphatic heterocycles. The van der Waals surface area contributed by atoms with Crippen LogP contribution in [0, 0.1) is 0 Å². The summed E-state index contributed by atoms with van der Waals surface area (Å²) in [6.07, 6.45) is 8.58. The average molecular weight is 340 g/mol. The predicted molar refractivity (Wildman–Crippen MR) is 102 cm³/mol. The van der Waals surface area contributed by atoms with Gasteiger partial charge in [0.1, 0.15) is 0 Å². The number of rotatable bonds is 6. The van der Waals surface area contributed by atoms with Crippen LogP contribution in [0.1, 0.15) is 38.2 Å². The van der Waals surface area contributed by atoms with Gasteiger partial charge in [0.25, 0.3) is 0 Å². The molecule has 2 saturated heterocycles. The van der Waals surface area contributed by atoms with E-state index >= 15 is 0 Å². The highest BCUT2D eigenvalue weighted by atomic mass is 16.5. The van der Waals surface area contributed by atoms with Gasteiger partial charge in [-0.3, -0.25) is 4.99 Å². The second-order valence-corrected chi connectivity index (χ2v) is 7.08. The van der Waals surface area contributed by atoms with Crippen LogP contribution in [0.15, 0.2) is 35.5 Å². The summed E-state index contributed by atoms with van der Waals surface area (Å²) >= 11 is 0. The van der Waals surface area contributed by atoms with E-state index in [4.69, 9.17) is 9.73 Å². The molecule has 5 heteroatoms. The Bertz CT molecular complexity index is 738. The van der Waals surface area contributed by atoms with Crippen LogP contribution in [0.4, 0.5) is 0 Å². The van der Waals surface area contributed by atoms with Crippen molar-refractivity contribution in [3.05, 3.63) is 36.0 Å². The molecule has 2 fully saturated rings. The zero-order valence-corrected chi connectivity index (χ0v) is 14.9. The molecule has 3 unspecified atom stereocenters. The van der Waals surface area contributed by atoms with E-state index in [0.717, 1.165) is 38.3 Å². The minimum Gasteiger partial charge on any atom is -0.373 e. The van der Waals surface area contributed by atoms with E-state index in [1.807, 2.05) is 0 Å². The SMILES string of the molecule is CCNC(=NCCCc1c[nH]c2ccccc12)NC1CC2CCC1O2. The number of H-pyrrole nitrogens is 1. The largest absolute Gasteiger partial charge is 0.373 e. The molecule has 0 amide bonds. The molecule has 25 heavy (non-hydrogen) atoms. The number of fused-ring (bicyclic) bond motifs is 3. The monoisotopic (exact) mass is 340 g/mol. The Morgan fingerprint density at radius 1 is 1.32 bits per heavy atom. The minimum atomic E-state index is 0.375. The molecule has 0 spiro atoms. The molecule has 0 aliphatic carbocycles. The lowest BCUT2D eigenvalue weighted by Gasteiger charge is -2.22. The van der Waals surface area contributed by atoms with Gasteiger partial charge in [-0.05, 0) is 50.7 Å². The van der Waals surface area contributed by atoms with Crippen LogP contribution < -0.4 is 10.6 Å². The molecule has 134 valence electrons. The van der Waals surface area contributed by atoms with Crippen molar-refractivity contribution in [2.45, 2.75) is 57.3 Å². The van der Waals surface area contributed by atoms with Gasteiger partial charge >= 0.3 is 0 Å². The van der Waals surface area contributed by atoms with E-state index in [1.54, 1.807) is 0 Å². The van der Waals surface area contributed by atoms with Crippen molar-refractivity contribution < 1.29 is 4.74 Å². The standard InChI is InChI=1S/C20H28N4O/c1-2-21-20(24-18-12-15-9-10-19(18)25-15)22-11-5-6-14-13-23-17-8-4-3-7-16(14)17/h3-4,7-8,13,15,18-19,23H,2,5-6,9-12H2,1H3,(H2,21,22,24). The van der Waals surface area contributed by atoms with Crippen molar-refractivity contribution in [1.29, 1.82) is 0 Å². The van der Waals surface area contributed by atoms with Gasteiger partial charge < -0.3 is 20.4 Å². The third-order valence-electron chi connectivity index (χ3n) is 5.32. The number of ether oxygens (including phenoxy) is 1. The summed E-state index contributed by atoms with van der Waals surface area (Å²) in [5.41, 5.74) is 2.59. The average Bonchev–Trinajstić information content (AvgIpc) is 3.34. The molecule has 0 radical (unpaired) electrons. The third-order valence-corrected chi connectivity index (χ3v) is 5.32. The van der Waals surface area contributed by atoms with E-state index in [0.29, 0.717) is 18.2 Å². The highest BCUT2D eigenvalue weighted by molar-refractivity contribution is 5.83. The van der Waals surface area contributed by atoms with Gasteiger partial charge in [0.15, 0.2) is 5.96 Å². The zero-order chi connectivity index (χ0) is 17.1. The van der Waals surface area contributed by atoms with Gasteiger partial charge in [0, 0.05) is 30.2 Å². The van der Waals surface area contributed by atoms with E-state index in [2.05, 4.69) is 53.0 Å². The maximum Gasteiger partial charge on any atom is 0.191 e. The number of aliphatic imine (C=N–C) groups is 1. The Kier molecular flexibility index (Phi) is 4.92. The molecule has 4 rings (SSSR count). The molecule has 5 nitrogen and oxygen atoms in total. The van der Waals surface area contributed by atoms with Gasteiger partial charge in [0.05, 0.1) is 18.2 Å². The third kappa shape index (κ3) is 3.66. The fourth-order valence-electron chi connectivity index (χ4n) is 4.08. The molecular weight excluding hydrogens is 312 g/mol. The van der Waals surface area contributed by atoms with Crippen molar-refractivity contribution >= 4 is 16.9 Å². The highest BCUT2D eigenvalue weighted by Crippen LogP contribution is 2.34. The summed E-state index contributed by atoms with van der Waals surface area (Å²) in [5.74, 6) is 0.933. The topological polar surface area (TPSA) is 61.4 Å². The van der Waals surface area contributed by atoms with Crippen molar-refractivity contribution in [3.63, 3.8) is 0 Å². The van der Waals surface area contributed by atoms with Gasteiger partial charge in [-0.1, -0.05) is 18.2 Å². The van der Waals surface area contributed by atoms with Gasteiger partial charge in [-0.2, -0.15) is 0 Å². The number of benzene rings is 1. The molecule has 1 aromatic heterocycles. The van der Waals surface area contributed by atoms with Gasteiger partial charge in [-0.25, -0.2) is 0 Å². The quantitative estimate of drug-likeness (QED) is 0.430. The number of para-hydroxylation sites is 1. The summed E-state index contributed by atoms with van der Waals surface area (Å²) < 4.78 is 5.93. The lowest BCUT2D eigenvalue weighted by atomic mass is 9.96. The van der Waals surface area contributed by atoms with Crippen molar-refractivity contribution in [3.8, 4) is 0 Å². The molecule has 1 aromatic carbocycles. The molecule has 3 atom stereocenters. The number of hydrogen-bond acceptors (Lipinski definition) is 2. The minimum absolute atomic E-state index is 0.375. The molecule has 2 aliphatic rings. The molecular formula is C20H28N4O. The number of aryl methyl sites for hydroxylation is 1. The fraction of sp³-hybridized carbons (Fsp3) is 0.550. The Morgan fingerprint density at radius 3 is 3.04 bits per heavy atom. The van der Waals surface area contributed by atoms with Crippen LogP contribution in [-0.4, -0.2) is 42.3 Å². The predicted octanol–water partition coefficient (Wildman–Crippen LogP) is 2.98. The number of hydrogen-bond donors (Lipinski definition) is 3. The summed E-state index contributed by atoms with van der Waals surface area (Å²) in [6, 6.07) is 8.90. The van der Waals surface area contributed by atoms with Crippen molar-refractivity contribution in [2.24, 2.45) is 4.99 Å². The number of nitrogens with one attached hydrogen (secondary N) is 3. The summed E-state index contributed by atoms with van der Waals surface area (Å²) in [4.78, 5) is 8.12. The Labute approximate surface area is 149 Å². The van der Waals surface area contributed by atoms with Crippen LogP contribution in [0.25, 0.3) is 10.9 Å². The molecule has 2 aromatic rings. The lowest BCUT2D eigenvalue weighted by Crippen LogP contribution is -2.47. The van der Waals surface area contributed by atoms with Crippen LogP contribution in [0.5, 0.6) is 0 Å². The van der Waals surface area contributed by atoms with E-state index < -0.39 is 0 Å². The van der Waals surface area contributed by atoms with Crippen molar-refractivity contribution in [2.75, 3.05) is 13.1 Å². The Balaban J connectivity index is 1.31.